The number of aryl methyl sites for hydroxylation is 2. The molecule has 0 aliphatic carbocycles. The van der Waals surface area contributed by atoms with Gasteiger partial charge in [0.2, 0.25) is 0 Å². The highest BCUT2D eigenvalue weighted by atomic mass is 32.1. The van der Waals surface area contributed by atoms with Gasteiger partial charge in [0.25, 0.3) is 0 Å². The van der Waals surface area contributed by atoms with Crippen molar-refractivity contribution < 1.29 is 4.79 Å². The van der Waals surface area contributed by atoms with E-state index < -0.39 is 0 Å². The lowest BCUT2D eigenvalue weighted by Gasteiger charge is -2.19. The highest BCUT2D eigenvalue weighted by molar-refractivity contribution is 7.10. The lowest BCUT2D eigenvalue weighted by atomic mass is 10.0. The van der Waals surface area contributed by atoms with Gasteiger partial charge in [0.05, 0.1) is 6.04 Å². The molecule has 0 saturated carbocycles. The Bertz CT molecular complexity index is 810. The fourth-order valence-electron chi connectivity index (χ4n) is 2.55. The minimum Gasteiger partial charge on any atom is -0.326 e. The van der Waals surface area contributed by atoms with Crippen molar-refractivity contribution in [2.24, 2.45) is 0 Å². The predicted molar refractivity (Wildman–Crippen MR) is 101 cm³/mol. The second kappa shape index (κ2) is 7.32. The third-order valence-electron chi connectivity index (χ3n) is 3.79. The molecule has 3 rings (SSSR count). The first-order valence-electron chi connectivity index (χ1n) is 7.86. The molecule has 2 N–H and O–H groups in total. The van der Waals surface area contributed by atoms with Crippen LogP contribution in [0.3, 0.4) is 0 Å². The van der Waals surface area contributed by atoms with Crippen LogP contribution in [0.2, 0.25) is 0 Å². The van der Waals surface area contributed by atoms with Gasteiger partial charge in [-0.1, -0.05) is 48.0 Å². The maximum Gasteiger partial charge on any atom is 0.320 e. The van der Waals surface area contributed by atoms with Gasteiger partial charge in [-0.05, 0) is 48.6 Å². The number of hydrogen-bond acceptors (Lipinski definition) is 2. The Balaban J connectivity index is 1.79. The second-order valence-corrected chi connectivity index (χ2v) is 6.81. The lowest BCUT2D eigenvalue weighted by molar-refractivity contribution is 0.250. The topological polar surface area (TPSA) is 41.1 Å². The van der Waals surface area contributed by atoms with Crippen molar-refractivity contribution in [3.05, 3.63) is 87.6 Å². The lowest BCUT2D eigenvalue weighted by Crippen LogP contribution is -2.32. The van der Waals surface area contributed by atoms with Crippen LogP contribution in [0.4, 0.5) is 10.5 Å². The minimum absolute atomic E-state index is 0.157. The molecule has 0 aliphatic heterocycles. The van der Waals surface area contributed by atoms with Crippen LogP contribution in [0.25, 0.3) is 0 Å². The molecule has 24 heavy (non-hydrogen) atoms. The minimum atomic E-state index is -0.209. The van der Waals surface area contributed by atoms with Crippen molar-refractivity contribution in [2.75, 3.05) is 5.32 Å². The van der Waals surface area contributed by atoms with Gasteiger partial charge in [-0.3, -0.25) is 0 Å². The van der Waals surface area contributed by atoms with Crippen molar-refractivity contribution >= 4 is 23.1 Å². The summed E-state index contributed by atoms with van der Waals surface area (Å²) in [5.74, 6) is 0. The van der Waals surface area contributed by atoms with Gasteiger partial charge in [-0.25, -0.2) is 4.79 Å². The van der Waals surface area contributed by atoms with E-state index in [1.165, 1.54) is 5.56 Å². The smallest absolute Gasteiger partial charge is 0.320 e. The van der Waals surface area contributed by atoms with E-state index in [1.54, 1.807) is 11.3 Å². The summed E-state index contributed by atoms with van der Waals surface area (Å²) in [5.41, 5.74) is 4.18. The van der Waals surface area contributed by atoms with E-state index in [0.717, 1.165) is 21.7 Å². The number of benzene rings is 2. The summed E-state index contributed by atoms with van der Waals surface area (Å²) >= 11 is 1.64. The number of urea groups is 1. The Labute approximate surface area is 146 Å². The molecule has 1 aromatic heterocycles. The molecule has 2 aromatic carbocycles. The van der Waals surface area contributed by atoms with E-state index in [9.17, 15) is 4.79 Å². The summed E-state index contributed by atoms with van der Waals surface area (Å²) in [7, 11) is 0. The molecule has 0 aliphatic rings. The van der Waals surface area contributed by atoms with Crippen LogP contribution in [-0.4, -0.2) is 6.03 Å². The number of amides is 2. The van der Waals surface area contributed by atoms with E-state index in [-0.39, 0.29) is 12.1 Å². The first kappa shape index (κ1) is 16.3. The maximum absolute atomic E-state index is 12.5. The summed E-state index contributed by atoms with van der Waals surface area (Å²) in [6, 6.07) is 19.7. The van der Waals surface area contributed by atoms with E-state index in [1.807, 2.05) is 48.7 Å². The molecule has 4 heteroatoms. The third-order valence-corrected chi connectivity index (χ3v) is 4.73. The number of nitrogens with one attached hydrogen (secondary N) is 2. The highest BCUT2D eigenvalue weighted by Gasteiger charge is 2.17. The maximum atomic E-state index is 12.5. The largest absolute Gasteiger partial charge is 0.326 e. The number of anilines is 1. The molecule has 122 valence electrons. The summed E-state index contributed by atoms with van der Waals surface area (Å²) in [6.45, 7) is 4.06. The number of thiophene rings is 1. The zero-order chi connectivity index (χ0) is 16.9. The Morgan fingerprint density at radius 1 is 0.958 bits per heavy atom. The molecule has 0 spiro atoms. The van der Waals surface area contributed by atoms with Crippen LogP contribution in [0.1, 0.15) is 27.6 Å². The van der Waals surface area contributed by atoms with Crippen LogP contribution in [0, 0.1) is 13.8 Å². The monoisotopic (exact) mass is 336 g/mol. The van der Waals surface area contributed by atoms with Crippen molar-refractivity contribution in [1.29, 1.82) is 0 Å². The molecular weight excluding hydrogens is 316 g/mol. The third kappa shape index (κ3) is 4.03. The molecule has 0 fully saturated rings. The van der Waals surface area contributed by atoms with Crippen molar-refractivity contribution in [3.8, 4) is 0 Å². The van der Waals surface area contributed by atoms with Crippen molar-refractivity contribution in [3.63, 3.8) is 0 Å². The van der Waals surface area contributed by atoms with E-state index in [2.05, 4.69) is 41.8 Å². The normalized spacial score (nSPS) is 11.8. The Morgan fingerprint density at radius 2 is 1.75 bits per heavy atom. The van der Waals surface area contributed by atoms with Crippen LogP contribution in [0.5, 0.6) is 0 Å². The van der Waals surface area contributed by atoms with Gasteiger partial charge in [-0.15, -0.1) is 11.3 Å². The highest BCUT2D eigenvalue weighted by Crippen LogP contribution is 2.26. The Kier molecular flexibility index (Phi) is 4.96. The van der Waals surface area contributed by atoms with Gasteiger partial charge in [0, 0.05) is 10.6 Å². The fraction of sp³-hybridized carbons (Fsp3) is 0.150. The van der Waals surface area contributed by atoms with Crippen LogP contribution < -0.4 is 10.6 Å². The summed E-state index contributed by atoms with van der Waals surface area (Å²) < 4.78 is 0. The van der Waals surface area contributed by atoms with E-state index in [0.29, 0.717) is 0 Å². The molecule has 3 nitrogen and oxygen atoms in total. The van der Waals surface area contributed by atoms with E-state index >= 15 is 0 Å². The fourth-order valence-corrected chi connectivity index (χ4v) is 3.36. The SMILES string of the molecule is Cc1ccc([C@@H](NC(=O)Nc2cccc(C)c2)c2cccs2)cc1. The van der Waals surface area contributed by atoms with Crippen LogP contribution >= 0.6 is 11.3 Å². The van der Waals surface area contributed by atoms with Crippen molar-refractivity contribution in [2.45, 2.75) is 19.9 Å². The molecular formula is C20H20N2OS. The zero-order valence-corrected chi connectivity index (χ0v) is 14.6. The average Bonchev–Trinajstić information content (AvgIpc) is 3.08. The molecule has 3 aromatic rings. The molecule has 0 bridgehead atoms. The van der Waals surface area contributed by atoms with Crippen LogP contribution in [-0.2, 0) is 0 Å². The van der Waals surface area contributed by atoms with Crippen molar-refractivity contribution in [1.82, 2.24) is 5.32 Å². The summed E-state index contributed by atoms with van der Waals surface area (Å²) in [4.78, 5) is 13.6. The number of rotatable bonds is 4. The van der Waals surface area contributed by atoms with Gasteiger partial charge in [0.1, 0.15) is 0 Å². The number of hydrogen-bond donors (Lipinski definition) is 2. The molecule has 2 amide bonds. The number of carbonyl (C=O) groups is 1. The van der Waals surface area contributed by atoms with Gasteiger partial charge in [-0.2, -0.15) is 0 Å². The summed E-state index contributed by atoms with van der Waals surface area (Å²) in [5, 5.41) is 8.02. The number of carbonyl (C=O) groups excluding carboxylic acids is 1. The predicted octanol–water partition coefficient (Wildman–Crippen LogP) is 5.28. The Hall–Kier alpha value is -2.59. The second-order valence-electron chi connectivity index (χ2n) is 5.83. The molecule has 0 saturated heterocycles. The standard InChI is InChI=1S/C20H20N2OS/c1-14-8-10-16(11-9-14)19(18-7-4-12-24-18)22-20(23)21-17-6-3-5-15(2)13-17/h3-13,19H,1-2H3,(H2,21,22,23)/t19-/m1/s1. The first-order chi connectivity index (χ1) is 11.6. The zero-order valence-electron chi connectivity index (χ0n) is 13.7. The van der Waals surface area contributed by atoms with Gasteiger partial charge < -0.3 is 10.6 Å². The first-order valence-corrected chi connectivity index (χ1v) is 8.74. The van der Waals surface area contributed by atoms with Crippen LogP contribution in [0.15, 0.2) is 66.0 Å². The Morgan fingerprint density at radius 3 is 2.42 bits per heavy atom. The molecule has 0 unspecified atom stereocenters. The summed E-state index contributed by atoms with van der Waals surface area (Å²) in [6.07, 6.45) is 0. The quantitative estimate of drug-likeness (QED) is 0.669. The van der Waals surface area contributed by atoms with Gasteiger partial charge >= 0.3 is 6.03 Å². The molecule has 1 heterocycles. The molecule has 0 radical (unpaired) electrons. The van der Waals surface area contributed by atoms with E-state index in [4.69, 9.17) is 0 Å². The molecule has 1 atom stereocenters. The van der Waals surface area contributed by atoms with Gasteiger partial charge in [0.15, 0.2) is 0 Å². The average molecular weight is 336 g/mol.